The van der Waals surface area contributed by atoms with Crippen LogP contribution in [-0.2, 0) is 4.79 Å². The molecule has 0 saturated heterocycles. The van der Waals surface area contributed by atoms with Gasteiger partial charge < -0.3 is 0 Å². The van der Waals surface area contributed by atoms with Crippen LogP contribution in [-0.4, -0.2) is 5.78 Å². The zero-order valence-corrected chi connectivity index (χ0v) is 9.93. The molecular weight excluding hydrogens is 196 g/mol. The molecule has 0 aromatic carbocycles. The fourth-order valence-electron chi connectivity index (χ4n) is 2.95. The third-order valence-electron chi connectivity index (χ3n) is 3.82. The molecule has 0 aromatic rings. The summed E-state index contributed by atoms with van der Waals surface area (Å²) in [6.45, 7) is 2.21. The van der Waals surface area contributed by atoms with Gasteiger partial charge in [0.2, 0.25) is 0 Å². The Morgan fingerprint density at radius 3 is 2.50 bits per heavy atom. The lowest BCUT2D eigenvalue weighted by atomic mass is 9.70. The molecule has 0 aromatic heterocycles. The summed E-state index contributed by atoms with van der Waals surface area (Å²) in [7, 11) is 0. The first-order valence-corrected chi connectivity index (χ1v) is 6.37. The van der Waals surface area contributed by atoms with Crippen LogP contribution in [0.4, 0.5) is 0 Å². The van der Waals surface area contributed by atoms with Gasteiger partial charge in [0.05, 0.1) is 0 Å². The summed E-state index contributed by atoms with van der Waals surface area (Å²) >= 11 is 0. The minimum atomic E-state index is 0.228. The number of carbonyl (C=O) groups is 1. The van der Waals surface area contributed by atoms with Crippen molar-refractivity contribution in [2.75, 3.05) is 0 Å². The largest absolute Gasteiger partial charge is 0.299 e. The number of rotatable bonds is 2. The summed E-state index contributed by atoms with van der Waals surface area (Å²) in [6.07, 6.45) is 16.8. The predicted octanol–water partition coefficient (Wildman–Crippen LogP) is 3.68. The van der Waals surface area contributed by atoms with E-state index in [1.54, 1.807) is 0 Å². The van der Waals surface area contributed by atoms with Crippen molar-refractivity contribution < 1.29 is 4.79 Å². The Morgan fingerprint density at radius 2 is 1.88 bits per heavy atom. The molecule has 1 heteroatoms. The van der Waals surface area contributed by atoms with Gasteiger partial charge in [-0.05, 0) is 18.8 Å². The van der Waals surface area contributed by atoms with E-state index in [0.29, 0.717) is 17.6 Å². The van der Waals surface area contributed by atoms with Gasteiger partial charge in [-0.15, -0.1) is 0 Å². The Kier molecular flexibility index (Phi) is 3.76. The predicted molar refractivity (Wildman–Crippen MR) is 67.0 cm³/mol. The highest BCUT2D eigenvalue weighted by molar-refractivity contribution is 5.82. The average molecular weight is 216 g/mol. The molecule has 86 valence electrons. The van der Waals surface area contributed by atoms with Gasteiger partial charge in [0, 0.05) is 18.3 Å². The SMILES string of the molecule is CC[C@@H]1CCCC(=O)[C@H]1C1C=CC=CC=C1. The van der Waals surface area contributed by atoms with Gasteiger partial charge in [-0.3, -0.25) is 4.79 Å². The molecule has 16 heavy (non-hydrogen) atoms. The molecule has 1 saturated carbocycles. The number of ketones is 1. The van der Waals surface area contributed by atoms with Crippen molar-refractivity contribution >= 4 is 5.78 Å². The molecule has 2 rings (SSSR count). The van der Waals surface area contributed by atoms with Gasteiger partial charge in [0.25, 0.3) is 0 Å². The van der Waals surface area contributed by atoms with Crippen molar-refractivity contribution in [1.29, 1.82) is 0 Å². The van der Waals surface area contributed by atoms with Crippen molar-refractivity contribution in [3.05, 3.63) is 36.5 Å². The molecule has 2 aliphatic rings. The van der Waals surface area contributed by atoms with Crippen molar-refractivity contribution in [2.45, 2.75) is 32.6 Å². The Labute approximate surface area is 97.9 Å². The lowest BCUT2D eigenvalue weighted by Crippen LogP contribution is -2.32. The van der Waals surface area contributed by atoms with Crippen LogP contribution in [0, 0.1) is 17.8 Å². The molecule has 2 aliphatic carbocycles. The molecule has 0 bridgehead atoms. The molecule has 0 amide bonds. The van der Waals surface area contributed by atoms with E-state index in [1.807, 2.05) is 12.2 Å². The lowest BCUT2D eigenvalue weighted by Gasteiger charge is -2.33. The maximum absolute atomic E-state index is 12.1. The van der Waals surface area contributed by atoms with Gasteiger partial charge >= 0.3 is 0 Å². The van der Waals surface area contributed by atoms with Crippen LogP contribution in [0.5, 0.6) is 0 Å². The van der Waals surface area contributed by atoms with Crippen molar-refractivity contribution in [1.82, 2.24) is 0 Å². The summed E-state index contributed by atoms with van der Waals surface area (Å²) in [5, 5.41) is 0. The molecule has 0 N–H and O–H groups in total. The van der Waals surface area contributed by atoms with Crippen molar-refractivity contribution in [3.63, 3.8) is 0 Å². The zero-order chi connectivity index (χ0) is 11.4. The highest BCUT2D eigenvalue weighted by Gasteiger charge is 2.34. The quantitative estimate of drug-likeness (QED) is 0.688. The maximum Gasteiger partial charge on any atom is 0.137 e. The molecule has 0 heterocycles. The van der Waals surface area contributed by atoms with Gasteiger partial charge in [-0.25, -0.2) is 0 Å². The third-order valence-corrected chi connectivity index (χ3v) is 3.82. The summed E-state index contributed by atoms with van der Waals surface area (Å²) < 4.78 is 0. The number of hydrogen-bond acceptors (Lipinski definition) is 1. The Bertz CT molecular complexity index is 319. The van der Waals surface area contributed by atoms with E-state index < -0.39 is 0 Å². The van der Waals surface area contributed by atoms with E-state index in [2.05, 4.69) is 31.2 Å². The zero-order valence-electron chi connectivity index (χ0n) is 9.93. The molecular formula is C15H20O. The van der Waals surface area contributed by atoms with E-state index in [9.17, 15) is 4.79 Å². The van der Waals surface area contributed by atoms with Gasteiger partial charge in [0.15, 0.2) is 0 Å². The minimum Gasteiger partial charge on any atom is -0.299 e. The van der Waals surface area contributed by atoms with E-state index >= 15 is 0 Å². The summed E-state index contributed by atoms with van der Waals surface area (Å²) in [5.74, 6) is 1.59. The smallest absolute Gasteiger partial charge is 0.137 e. The molecule has 1 nitrogen and oxygen atoms in total. The van der Waals surface area contributed by atoms with Crippen LogP contribution in [0.25, 0.3) is 0 Å². The summed E-state index contributed by atoms with van der Waals surface area (Å²) in [4.78, 5) is 12.1. The minimum absolute atomic E-state index is 0.228. The lowest BCUT2D eigenvalue weighted by molar-refractivity contribution is -0.127. The van der Waals surface area contributed by atoms with Crippen molar-refractivity contribution in [2.24, 2.45) is 17.8 Å². The molecule has 0 spiro atoms. The monoisotopic (exact) mass is 216 g/mol. The Hall–Kier alpha value is -1.11. The summed E-state index contributed by atoms with van der Waals surface area (Å²) in [5.41, 5.74) is 0. The number of hydrogen-bond donors (Lipinski definition) is 0. The van der Waals surface area contributed by atoms with Crippen LogP contribution >= 0.6 is 0 Å². The van der Waals surface area contributed by atoms with Crippen LogP contribution in [0.1, 0.15) is 32.6 Å². The highest BCUT2D eigenvalue weighted by Crippen LogP contribution is 2.36. The van der Waals surface area contributed by atoms with E-state index in [1.165, 1.54) is 6.42 Å². The fraction of sp³-hybridized carbons (Fsp3) is 0.533. The first-order chi connectivity index (χ1) is 7.83. The average Bonchev–Trinajstić information content (AvgIpc) is 2.57. The van der Waals surface area contributed by atoms with Gasteiger partial charge in [-0.2, -0.15) is 0 Å². The normalized spacial score (nSPS) is 30.7. The molecule has 2 atom stereocenters. The Morgan fingerprint density at radius 1 is 1.19 bits per heavy atom. The van der Waals surface area contributed by atoms with E-state index in [-0.39, 0.29) is 5.92 Å². The van der Waals surface area contributed by atoms with Crippen LogP contribution < -0.4 is 0 Å². The standard InChI is InChI=1S/C15H20O/c1-2-12-10-7-11-14(16)15(12)13-8-5-3-4-6-9-13/h3-6,8-9,12-13,15H,2,7,10-11H2,1H3/t12-,15-/m1/s1. The van der Waals surface area contributed by atoms with Crippen molar-refractivity contribution in [3.8, 4) is 0 Å². The third kappa shape index (κ3) is 2.34. The molecule has 1 fully saturated rings. The topological polar surface area (TPSA) is 17.1 Å². The van der Waals surface area contributed by atoms with E-state index in [4.69, 9.17) is 0 Å². The second-order valence-electron chi connectivity index (χ2n) is 4.78. The second kappa shape index (κ2) is 5.29. The maximum atomic E-state index is 12.1. The highest BCUT2D eigenvalue weighted by atomic mass is 16.1. The number of allylic oxidation sites excluding steroid dienone is 6. The number of Topliss-reactive ketones (excluding diaryl/α,β-unsaturated/α-hetero) is 1. The molecule has 0 unspecified atom stereocenters. The van der Waals surface area contributed by atoms with Crippen LogP contribution in [0.15, 0.2) is 36.5 Å². The first kappa shape index (κ1) is 11.4. The van der Waals surface area contributed by atoms with Gasteiger partial charge in [0.1, 0.15) is 5.78 Å². The Balaban J connectivity index is 2.18. The van der Waals surface area contributed by atoms with Crippen LogP contribution in [0.2, 0.25) is 0 Å². The van der Waals surface area contributed by atoms with E-state index in [0.717, 1.165) is 19.3 Å². The molecule has 0 aliphatic heterocycles. The molecule has 0 radical (unpaired) electrons. The second-order valence-corrected chi connectivity index (χ2v) is 4.78. The summed E-state index contributed by atoms with van der Waals surface area (Å²) in [6, 6.07) is 0. The number of carbonyl (C=O) groups excluding carboxylic acids is 1. The van der Waals surface area contributed by atoms with Crippen LogP contribution in [0.3, 0.4) is 0 Å². The first-order valence-electron chi connectivity index (χ1n) is 6.37. The van der Waals surface area contributed by atoms with Gasteiger partial charge in [-0.1, -0.05) is 49.8 Å². The fourth-order valence-corrected chi connectivity index (χ4v) is 2.95.